The maximum absolute atomic E-state index is 12.7. The molecule has 0 aliphatic carbocycles. The van der Waals surface area contributed by atoms with Crippen LogP contribution in [0.15, 0.2) is 48.5 Å². The molecule has 7 nitrogen and oxygen atoms in total. The maximum atomic E-state index is 12.7. The highest BCUT2D eigenvalue weighted by molar-refractivity contribution is 6.10. The number of carbonyl (C=O) groups excluding carboxylic acids is 3. The van der Waals surface area contributed by atoms with Crippen LogP contribution in [0, 0.1) is 11.8 Å². The molecule has 0 heterocycles. The Balaban J connectivity index is 2.11. The first-order chi connectivity index (χ1) is 14.9. The number of amides is 1. The van der Waals surface area contributed by atoms with Crippen LogP contribution in [0.3, 0.4) is 0 Å². The van der Waals surface area contributed by atoms with E-state index in [0.717, 1.165) is 16.2 Å². The Kier molecular flexibility index (Phi) is 8.94. The van der Waals surface area contributed by atoms with Crippen LogP contribution in [-0.4, -0.2) is 65.4 Å². The predicted octanol–water partition coefficient (Wildman–Crippen LogP) is 1.47. The summed E-state index contributed by atoms with van der Waals surface area (Å²) in [6, 6.07) is 12.7. The normalized spacial score (nSPS) is 11.1. The molecule has 3 N–H and O–H groups in total. The Labute approximate surface area is 181 Å². The summed E-state index contributed by atoms with van der Waals surface area (Å²) in [6.07, 6.45) is 0.0844. The van der Waals surface area contributed by atoms with Gasteiger partial charge in [0.25, 0.3) is 5.91 Å². The minimum atomic E-state index is -1.29. The molecular weight excluding hydrogens is 396 g/mol. The largest absolute Gasteiger partial charge is 0.395 e. The molecule has 0 bridgehead atoms. The van der Waals surface area contributed by atoms with Gasteiger partial charge >= 0.3 is 0 Å². The molecule has 1 amide bonds. The van der Waals surface area contributed by atoms with Crippen molar-refractivity contribution in [1.82, 2.24) is 4.90 Å². The molecule has 7 heteroatoms. The minimum absolute atomic E-state index is 0.0587. The van der Waals surface area contributed by atoms with E-state index in [1.54, 1.807) is 31.2 Å². The molecule has 0 aliphatic rings. The fourth-order valence-electron chi connectivity index (χ4n) is 2.92. The van der Waals surface area contributed by atoms with Crippen molar-refractivity contribution in [2.24, 2.45) is 0 Å². The summed E-state index contributed by atoms with van der Waals surface area (Å²) < 4.78 is 0. The number of rotatable bonds is 9. The van der Waals surface area contributed by atoms with Gasteiger partial charge < -0.3 is 20.4 Å². The van der Waals surface area contributed by atoms with Crippen LogP contribution in [0.1, 0.15) is 34.8 Å². The molecule has 162 valence electrons. The van der Waals surface area contributed by atoms with E-state index < -0.39 is 30.1 Å². The minimum Gasteiger partial charge on any atom is -0.395 e. The van der Waals surface area contributed by atoms with E-state index in [-0.39, 0.29) is 13.0 Å². The highest BCUT2D eigenvalue weighted by Gasteiger charge is 2.32. The summed E-state index contributed by atoms with van der Waals surface area (Å²) in [6.45, 7) is 1.34. The lowest BCUT2D eigenvalue weighted by Gasteiger charge is -2.25. The SMILES string of the molecule is CCC(=O)C(C(=O)CO)N(C)C(=O)c1ccc(C#Cc2ccc(NCCO)cc2)cc1. The third-order valence-corrected chi connectivity index (χ3v) is 4.63. The molecule has 0 spiro atoms. The molecule has 0 aliphatic heterocycles. The number of nitrogens with zero attached hydrogens (tertiary/aromatic N) is 1. The van der Waals surface area contributed by atoms with Crippen LogP contribution in [0.25, 0.3) is 0 Å². The van der Waals surface area contributed by atoms with Gasteiger partial charge in [0.1, 0.15) is 6.61 Å². The van der Waals surface area contributed by atoms with Crippen molar-refractivity contribution in [3.05, 3.63) is 65.2 Å². The molecule has 31 heavy (non-hydrogen) atoms. The Morgan fingerprint density at radius 1 is 0.935 bits per heavy atom. The van der Waals surface area contributed by atoms with E-state index in [9.17, 15) is 14.4 Å². The standard InChI is InChI=1S/C24H26N2O5/c1-3-21(29)23(22(30)16-28)26(2)24(31)19-10-6-17(7-11-19)4-5-18-8-12-20(13-9-18)25-14-15-27/h6-13,23,25,27-28H,3,14-16H2,1-2H3. The van der Waals surface area contributed by atoms with Crippen LogP contribution in [0.5, 0.6) is 0 Å². The Morgan fingerprint density at radius 2 is 1.48 bits per heavy atom. The zero-order chi connectivity index (χ0) is 22.8. The summed E-state index contributed by atoms with van der Waals surface area (Å²) in [5.74, 6) is 4.45. The zero-order valence-electron chi connectivity index (χ0n) is 17.6. The van der Waals surface area contributed by atoms with Crippen LogP contribution in [-0.2, 0) is 9.59 Å². The Hall–Kier alpha value is -3.47. The third kappa shape index (κ3) is 6.51. The number of Topliss-reactive ketones (excluding diaryl/α,β-unsaturated/α-hetero) is 2. The monoisotopic (exact) mass is 422 g/mol. The van der Waals surface area contributed by atoms with Crippen molar-refractivity contribution in [1.29, 1.82) is 0 Å². The smallest absolute Gasteiger partial charge is 0.254 e. The fraction of sp³-hybridized carbons (Fsp3) is 0.292. The fourth-order valence-corrected chi connectivity index (χ4v) is 2.92. The molecule has 0 saturated heterocycles. The number of ketones is 2. The van der Waals surface area contributed by atoms with Gasteiger partial charge in [-0.05, 0) is 48.5 Å². The van der Waals surface area contributed by atoms with Crippen LogP contribution < -0.4 is 5.32 Å². The number of hydrogen-bond donors (Lipinski definition) is 3. The van der Waals surface area contributed by atoms with Crippen molar-refractivity contribution >= 4 is 23.2 Å². The van der Waals surface area contributed by atoms with Crippen molar-refractivity contribution in [2.45, 2.75) is 19.4 Å². The van der Waals surface area contributed by atoms with Gasteiger partial charge in [0.05, 0.1) is 6.61 Å². The van der Waals surface area contributed by atoms with Crippen molar-refractivity contribution in [3.63, 3.8) is 0 Å². The number of carbonyl (C=O) groups is 3. The highest BCUT2D eigenvalue weighted by atomic mass is 16.3. The number of aliphatic hydroxyl groups is 2. The second-order valence-corrected chi connectivity index (χ2v) is 6.82. The zero-order valence-corrected chi connectivity index (χ0v) is 17.6. The molecular formula is C24H26N2O5. The molecule has 2 aromatic rings. The quantitative estimate of drug-likeness (QED) is 0.417. The van der Waals surface area contributed by atoms with Gasteiger partial charge in [0, 0.05) is 42.4 Å². The summed E-state index contributed by atoms with van der Waals surface area (Å²) in [5, 5.41) is 21.0. The number of hydrogen-bond acceptors (Lipinski definition) is 6. The number of nitrogens with one attached hydrogen (secondary N) is 1. The highest BCUT2D eigenvalue weighted by Crippen LogP contribution is 2.12. The van der Waals surface area contributed by atoms with E-state index >= 15 is 0 Å². The van der Waals surface area contributed by atoms with Gasteiger partial charge in [-0.1, -0.05) is 18.8 Å². The Bertz CT molecular complexity index is 956. The molecule has 1 unspecified atom stereocenters. The first kappa shape index (κ1) is 23.8. The first-order valence-corrected chi connectivity index (χ1v) is 9.91. The molecule has 1 atom stereocenters. The van der Waals surface area contributed by atoms with E-state index in [1.807, 2.05) is 24.3 Å². The second kappa shape index (κ2) is 11.6. The maximum Gasteiger partial charge on any atom is 0.254 e. The van der Waals surface area contributed by atoms with Gasteiger partial charge in [0.15, 0.2) is 17.6 Å². The summed E-state index contributed by atoms with van der Waals surface area (Å²) in [4.78, 5) is 37.8. The average molecular weight is 422 g/mol. The van der Waals surface area contributed by atoms with Crippen LogP contribution in [0.2, 0.25) is 0 Å². The summed E-state index contributed by atoms with van der Waals surface area (Å²) in [7, 11) is 1.38. The predicted molar refractivity (Wildman–Crippen MR) is 118 cm³/mol. The van der Waals surface area contributed by atoms with Gasteiger partial charge in [-0.15, -0.1) is 0 Å². The second-order valence-electron chi connectivity index (χ2n) is 6.82. The van der Waals surface area contributed by atoms with Crippen molar-refractivity contribution in [3.8, 4) is 11.8 Å². The topological polar surface area (TPSA) is 107 Å². The van der Waals surface area contributed by atoms with Gasteiger partial charge in [-0.25, -0.2) is 0 Å². The third-order valence-electron chi connectivity index (χ3n) is 4.63. The van der Waals surface area contributed by atoms with Gasteiger partial charge in [-0.2, -0.15) is 0 Å². The lowest BCUT2D eigenvalue weighted by atomic mass is 10.0. The van der Waals surface area contributed by atoms with Crippen LogP contribution in [0.4, 0.5) is 5.69 Å². The van der Waals surface area contributed by atoms with E-state index in [4.69, 9.17) is 10.2 Å². The lowest BCUT2D eigenvalue weighted by Crippen LogP contribution is -2.48. The molecule has 0 radical (unpaired) electrons. The number of anilines is 1. The van der Waals surface area contributed by atoms with E-state index in [2.05, 4.69) is 17.2 Å². The average Bonchev–Trinajstić information content (AvgIpc) is 2.81. The summed E-state index contributed by atoms with van der Waals surface area (Å²) in [5.41, 5.74) is 2.73. The van der Waals surface area contributed by atoms with Crippen molar-refractivity contribution in [2.75, 3.05) is 32.1 Å². The van der Waals surface area contributed by atoms with E-state index in [1.165, 1.54) is 7.05 Å². The molecule has 2 rings (SSSR count). The molecule has 0 saturated carbocycles. The number of aliphatic hydroxyl groups excluding tert-OH is 2. The summed E-state index contributed by atoms with van der Waals surface area (Å²) >= 11 is 0. The van der Waals surface area contributed by atoms with Crippen LogP contribution >= 0.6 is 0 Å². The molecule has 0 fully saturated rings. The first-order valence-electron chi connectivity index (χ1n) is 9.91. The van der Waals surface area contributed by atoms with Crippen molar-refractivity contribution < 1.29 is 24.6 Å². The lowest BCUT2D eigenvalue weighted by molar-refractivity contribution is -0.134. The molecule has 2 aromatic carbocycles. The Morgan fingerprint density at radius 3 is 1.97 bits per heavy atom. The molecule has 0 aromatic heterocycles. The van der Waals surface area contributed by atoms with Gasteiger partial charge in [0.2, 0.25) is 0 Å². The number of benzene rings is 2. The van der Waals surface area contributed by atoms with Gasteiger partial charge in [-0.3, -0.25) is 14.4 Å². The van der Waals surface area contributed by atoms with E-state index in [0.29, 0.717) is 17.7 Å². The number of likely N-dealkylation sites (N-methyl/N-ethyl adjacent to an activating group) is 1.